The molecule has 0 aliphatic heterocycles. The summed E-state index contributed by atoms with van der Waals surface area (Å²) < 4.78 is 0. The van der Waals surface area contributed by atoms with E-state index in [0.29, 0.717) is 12.8 Å². The molecule has 2 aromatic rings. The Balaban J connectivity index is 0. The molecule has 0 spiro atoms. The van der Waals surface area contributed by atoms with Gasteiger partial charge in [0.25, 0.3) is 0 Å². The Labute approximate surface area is 237 Å². The SMILES string of the molecule is CC(C)[C@H](N)C(=O)O.CSCC[C@H](N)C(=O)O.C[C@@H](O)[C@H](N)C(=O)O.N[C@@H](Cc1c[nH]c2ccccc12)C(=O)O. The van der Waals surface area contributed by atoms with Crippen LogP contribution in [0.15, 0.2) is 30.5 Å². The molecule has 40 heavy (non-hydrogen) atoms. The number of carbonyl (C=O) groups is 4. The summed E-state index contributed by atoms with van der Waals surface area (Å²) in [7, 11) is 0. The van der Waals surface area contributed by atoms with Gasteiger partial charge in [0.05, 0.1) is 6.10 Å². The molecule has 14 nitrogen and oxygen atoms in total. The summed E-state index contributed by atoms with van der Waals surface area (Å²) in [6, 6.07) is 4.36. The number of aromatic amines is 1. The van der Waals surface area contributed by atoms with Crippen LogP contribution in [0.1, 0.15) is 32.8 Å². The third-order valence-electron chi connectivity index (χ3n) is 5.19. The molecule has 0 aliphatic carbocycles. The molecule has 0 saturated heterocycles. The first-order valence-corrected chi connectivity index (χ1v) is 13.5. The quantitative estimate of drug-likeness (QED) is 0.166. The van der Waals surface area contributed by atoms with E-state index in [1.807, 2.05) is 36.7 Å². The molecule has 0 fully saturated rings. The molecule has 14 N–H and O–H groups in total. The van der Waals surface area contributed by atoms with Gasteiger partial charge in [-0.3, -0.25) is 19.2 Å². The number of fused-ring (bicyclic) bond motifs is 1. The van der Waals surface area contributed by atoms with Crippen molar-refractivity contribution in [3.05, 3.63) is 36.0 Å². The number of H-pyrrole nitrogens is 1. The van der Waals surface area contributed by atoms with Crippen molar-refractivity contribution in [3.63, 3.8) is 0 Å². The van der Waals surface area contributed by atoms with Gasteiger partial charge in [-0.25, -0.2) is 0 Å². The van der Waals surface area contributed by atoms with E-state index in [-0.39, 0.29) is 5.92 Å². The highest BCUT2D eigenvalue weighted by atomic mass is 32.2. The Hall–Kier alpha value is -3.21. The summed E-state index contributed by atoms with van der Waals surface area (Å²) in [6.45, 7) is 4.89. The Bertz CT molecular complexity index is 1020. The van der Waals surface area contributed by atoms with Crippen molar-refractivity contribution in [2.75, 3.05) is 12.0 Å². The van der Waals surface area contributed by atoms with Crippen molar-refractivity contribution in [2.45, 2.75) is 63.9 Å². The summed E-state index contributed by atoms with van der Waals surface area (Å²) in [5.74, 6) is -3.16. The summed E-state index contributed by atoms with van der Waals surface area (Å²) >= 11 is 1.60. The molecule has 1 heterocycles. The Kier molecular flexibility index (Phi) is 20.1. The van der Waals surface area contributed by atoms with E-state index in [2.05, 4.69) is 4.98 Å². The second-order valence-corrected chi connectivity index (χ2v) is 9.93. The van der Waals surface area contributed by atoms with Gasteiger partial charge in [-0.2, -0.15) is 11.8 Å². The zero-order valence-electron chi connectivity index (χ0n) is 23.1. The molecule has 1 aromatic heterocycles. The maximum Gasteiger partial charge on any atom is 0.323 e. The van der Waals surface area contributed by atoms with Crippen LogP contribution < -0.4 is 22.9 Å². The first-order valence-electron chi connectivity index (χ1n) is 12.1. The zero-order chi connectivity index (χ0) is 31.6. The minimum atomic E-state index is -1.18. The number of thioether (sulfide) groups is 1. The van der Waals surface area contributed by atoms with Crippen LogP contribution in [0.25, 0.3) is 10.9 Å². The third kappa shape index (κ3) is 16.7. The number of carboxylic acid groups (broad SMARTS) is 4. The van der Waals surface area contributed by atoms with Crippen LogP contribution in [0.4, 0.5) is 0 Å². The largest absolute Gasteiger partial charge is 0.480 e. The number of benzene rings is 1. The maximum atomic E-state index is 10.6. The third-order valence-corrected chi connectivity index (χ3v) is 5.83. The Morgan fingerprint density at radius 1 is 0.825 bits per heavy atom. The normalized spacial score (nSPS) is 14.1. The van der Waals surface area contributed by atoms with E-state index >= 15 is 0 Å². The minimum Gasteiger partial charge on any atom is -0.480 e. The number of aliphatic hydroxyl groups excluding tert-OH is 1. The standard InChI is InChI=1S/C11H12N2O2.C5H11NO2S.C5H11NO2.C4H9NO3/c12-9(11(14)15)5-7-6-13-10-4-2-1-3-8(7)10;1-9-3-2-4(6)5(7)8;1-3(2)4(6)5(7)8;1-2(6)3(5)4(7)8/h1-4,6,9,13H,5,12H2,(H,14,15);4H,2-3,6H2,1H3,(H,7,8);3-4H,6H2,1-2H3,(H,7,8);2-3,6H,5H2,1H3,(H,7,8)/t9-;2*4-;2-,3+/m0001/s1. The van der Waals surface area contributed by atoms with Crippen LogP contribution in [0.5, 0.6) is 0 Å². The number of carboxylic acids is 4. The number of hydrogen-bond donors (Lipinski definition) is 10. The fourth-order valence-electron chi connectivity index (χ4n) is 2.48. The van der Waals surface area contributed by atoms with Gasteiger partial charge < -0.3 is 53.5 Å². The van der Waals surface area contributed by atoms with Gasteiger partial charge in [-0.15, -0.1) is 0 Å². The van der Waals surface area contributed by atoms with Crippen molar-refractivity contribution >= 4 is 46.5 Å². The van der Waals surface area contributed by atoms with E-state index in [0.717, 1.165) is 22.2 Å². The highest BCUT2D eigenvalue weighted by molar-refractivity contribution is 7.98. The van der Waals surface area contributed by atoms with E-state index in [4.69, 9.17) is 48.5 Å². The van der Waals surface area contributed by atoms with Crippen LogP contribution in [-0.2, 0) is 25.6 Å². The number of rotatable bonds is 11. The van der Waals surface area contributed by atoms with Gasteiger partial charge in [0.2, 0.25) is 0 Å². The fraction of sp³-hybridized carbons (Fsp3) is 0.520. The second kappa shape index (κ2) is 20.7. The van der Waals surface area contributed by atoms with E-state index in [1.165, 1.54) is 6.92 Å². The van der Waals surface area contributed by atoms with E-state index < -0.39 is 54.1 Å². The first-order chi connectivity index (χ1) is 18.5. The van der Waals surface area contributed by atoms with Gasteiger partial charge in [0.15, 0.2) is 0 Å². The molecule has 228 valence electrons. The van der Waals surface area contributed by atoms with E-state index in [1.54, 1.807) is 25.6 Å². The average Bonchev–Trinajstić information content (AvgIpc) is 3.29. The van der Waals surface area contributed by atoms with Gasteiger partial charge >= 0.3 is 23.9 Å². The van der Waals surface area contributed by atoms with E-state index in [9.17, 15) is 19.2 Å². The molecule has 0 amide bonds. The maximum absolute atomic E-state index is 10.6. The van der Waals surface area contributed by atoms with Crippen molar-refractivity contribution < 1.29 is 44.7 Å². The topological polar surface area (TPSA) is 289 Å². The minimum absolute atomic E-state index is 0.0208. The lowest BCUT2D eigenvalue weighted by Gasteiger charge is -2.07. The van der Waals surface area contributed by atoms with Gasteiger partial charge in [0, 0.05) is 23.5 Å². The molecule has 0 radical (unpaired) electrons. The monoisotopic (exact) mass is 589 g/mol. The average molecular weight is 590 g/mol. The highest BCUT2D eigenvalue weighted by Gasteiger charge is 2.16. The molecule has 0 aliphatic rings. The second-order valence-electron chi connectivity index (χ2n) is 8.95. The summed E-state index contributed by atoms with van der Waals surface area (Å²) in [4.78, 5) is 43.7. The smallest absolute Gasteiger partial charge is 0.323 e. The molecule has 0 unspecified atom stereocenters. The number of aromatic nitrogens is 1. The Morgan fingerprint density at radius 2 is 1.32 bits per heavy atom. The number of nitrogens with one attached hydrogen (secondary N) is 1. The fourth-order valence-corrected chi connectivity index (χ4v) is 2.97. The predicted octanol–water partition coefficient (Wildman–Crippen LogP) is 0.107. The molecule has 15 heteroatoms. The number of para-hydroxylation sites is 1. The van der Waals surface area contributed by atoms with Gasteiger partial charge in [-0.1, -0.05) is 32.0 Å². The lowest BCUT2D eigenvalue weighted by molar-refractivity contribution is -0.141. The van der Waals surface area contributed by atoms with Crippen molar-refractivity contribution in [1.82, 2.24) is 4.98 Å². The van der Waals surface area contributed by atoms with Crippen molar-refractivity contribution in [3.8, 4) is 0 Å². The highest BCUT2D eigenvalue weighted by Crippen LogP contribution is 2.18. The molecule has 0 bridgehead atoms. The summed E-state index contributed by atoms with van der Waals surface area (Å²) in [5.41, 5.74) is 22.7. The van der Waals surface area contributed by atoms with Crippen molar-refractivity contribution in [2.24, 2.45) is 28.9 Å². The van der Waals surface area contributed by atoms with Crippen LogP contribution in [0.2, 0.25) is 0 Å². The predicted molar refractivity (Wildman–Crippen MR) is 154 cm³/mol. The van der Waals surface area contributed by atoms with Crippen LogP contribution in [-0.4, -0.2) is 96.7 Å². The zero-order valence-corrected chi connectivity index (χ0v) is 23.9. The molecule has 0 saturated carbocycles. The summed E-state index contributed by atoms with van der Waals surface area (Å²) in [6.07, 6.45) is 3.66. The van der Waals surface area contributed by atoms with Crippen LogP contribution in [0, 0.1) is 5.92 Å². The lowest BCUT2D eigenvalue weighted by Crippen LogP contribution is -2.39. The van der Waals surface area contributed by atoms with Crippen LogP contribution in [0.3, 0.4) is 0 Å². The molecular formula is C25H43N5O9S. The number of aliphatic carboxylic acids is 4. The van der Waals surface area contributed by atoms with Gasteiger partial charge in [-0.05, 0) is 42.9 Å². The first kappa shape index (κ1) is 38.9. The molecule has 1 aromatic carbocycles. The molecular weight excluding hydrogens is 546 g/mol. The van der Waals surface area contributed by atoms with Crippen LogP contribution >= 0.6 is 11.8 Å². The number of aliphatic hydroxyl groups is 1. The number of hydrogen-bond acceptors (Lipinski definition) is 10. The number of nitrogens with two attached hydrogens (primary N) is 4. The Morgan fingerprint density at radius 3 is 1.68 bits per heavy atom. The molecule has 5 atom stereocenters. The van der Waals surface area contributed by atoms with Gasteiger partial charge in [0.1, 0.15) is 24.2 Å². The lowest BCUT2D eigenvalue weighted by atomic mass is 10.1. The summed E-state index contributed by atoms with van der Waals surface area (Å²) in [5, 5.41) is 42.8. The van der Waals surface area contributed by atoms with Crippen molar-refractivity contribution in [1.29, 1.82) is 0 Å². The molecule has 2 rings (SSSR count).